The fourth-order valence-electron chi connectivity index (χ4n) is 1.46. The van der Waals surface area contributed by atoms with Gasteiger partial charge < -0.3 is 10.0 Å². The minimum absolute atomic E-state index is 0.0831. The second-order valence-electron chi connectivity index (χ2n) is 2.95. The summed E-state index contributed by atoms with van der Waals surface area (Å²) < 4.78 is 0. The molecule has 1 unspecified atom stereocenters. The first-order valence-electron chi connectivity index (χ1n) is 4.02. The predicted octanol–water partition coefficient (Wildman–Crippen LogP) is 0.667. The fourth-order valence-corrected chi connectivity index (χ4v) is 1.46. The molecule has 1 saturated heterocycles. The van der Waals surface area contributed by atoms with Gasteiger partial charge in [0.2, 0.25) is 0 Å². The lowest BCUT2D eigenvalue weighted by atomic mass is 10.1. The van der Waals surface area contributed by atoms with Crippen LogP contribution in [0, 0.1) is 6.92 Å². The highest BCUT2D eigenvalue weighted by molar-refractivity contribution is 4.71. The van der Waals surface area contributed by atoms with E-state index in [1.54, 1.807) is 0 Å². The molecule has 0 aliphatic carbocycles. The molecule has 1 heterocycles. The molecule has 1 aliphatic rings. The molecule has 0 amide bonds. The van der Waals surface area contributed by atoms with Crippen LogP contribution in [0.25, 0.3) is 0 Å². The van der Waals surface area contributed by atoms with Gasteiger partial charge in [0, 0.05) is 6.54 Å². The number of β-amino-alcohol motifs (C(OH)–C–C–N with tert-alkyl or cyclic N) is 1. The fraction of sp³-hybridized carbons (Fsp3) is 0.875. The van der Waals surface area contributed by atoms with Crippen LogP contribution in [0.5, 0.6) is 0 Å². The average Bonchev–Trinajstić information content (AvgIpc) is 1.88. The van der Waals surface area contributed by atoms with Gasteiger partial charge in [-0.15, -0.1) is 0 Å². The topological polar surface area (TPSA) is 23.5 Å². The van der Waals surface area contributed by atoms with E-state index in [1.807, 2.05) is 0 Å². The first kappa shape index (κ1) is 8.02. The number of aliphatic hydroxyl groups is 1. The van der Waals surface area contributed by atoms with Gasteiger partial charge in [0.15, 0.2) is 0 Å². The maximum absolute atomic E-state index is 9.24. The number of hydrogen-bond donors (Lipinski definition) is 1. The summed E-state index contributed by atoms with van der Waals surface area (Å²) in [6, 6.07) is 0. The molecule has 1 atom stereocenters. The van der Waals surface area contributed by atoms with Crippen molar-refractivity contribution in [2.45, 2.75) is 25.4 Å². The summed E-state index contributed by atoms with van der Waals surface area (Å²) in [6.07, 6.45) is 2.99. The van der Waals surface area contributed by atoms with Crippen molar-refractivity contribution in [2.24, 2.45) is 0 Å². The third kappa shape index (κ3) is 2.27. The van der Waals surface area contributed by atoms with Gasteiger partial charge in [0.25, 0.3) is 0 Å². The zero-order valence-corrected chi connectivity index (χ0v) is 6.42. The lowest BCUT2D eigenvalue weighted by Gasteiger charge is -2.29. The zero-order valence-electron chi connectivity index (χ0n) is 6.42. The van der Waals surface area contributed by atoms with Crippen LogP contribution in [0.3, 0.4) is 0 Å². The molecule has 1 N–H and O–H groups in total. The largest absolute Gasteiger partial charge is 0.392 e. The monoisotopic (exact) mass is 142 g/mol. The lowest BCUT2D eigenvalue weighted by molar-refractivity contribution is 0.0716. The van der Waals surface area contributed by atoms with Gasteiger partial charge in [-0.25, -0.2) is 0 Å². The highest BCUT2D eigenvalue weighted by Crippen LogP contribution is 2.09. The number of aliphatic hydroxyl groups excluding tert-OH is 1. The SMILES string of the molecule is [CH2]CCN1CCCC(O)C1. The molecule has 1 aliphatic heterocycles. The van der Waals surface area contributed by atoms with Crippen LogP contribution >= 0.6 is 0 Å². The number of nitrogens with zero attached hydrogens (tertiary/aromatic N) is 1. The summed E-state index contributed by atoms with van der Waals surface area (Å²) in [5.74, 6) is 0. The number of likely N-dealkylation sites (tertiary alicyclic amines) is 1. The highest BCUT2D eigenvalue weighted by atomic mass is 16.3. The molecule has 2 heteroatoms. The second-order valence-corrected chi connectivity index (χ2v) is 2.95. The van der Waals surface area contributed by atoms with E-state index in [0.717, 1.165) is 38.9 Å². The van der Waals surface area contributed by atoms with E-state index < -0.39 is 0 Å². The minimum Gasteiger partial charge on any atom is -0.392 e. The van der Waals surface area contributed by atoms with Crippen LogP contribution in [0.1, 0.15) is 19.3 Å². The molecule has 0 spiro atoms. The van der Waals surface area contributed by atoms with E-state index in [4.69, 9.17) is 0 Å². The third-order valence-electron chi connectivity index (χ3n) is 1.95. The summed E-state index contributed by atoms with van der Waals surface area (Å²) in [4.78, 5) is 2.28. The van der Waals surface area contributed by atoms with Crippen molar-refractivity contribution >= 4 is 0 Å². The molecule has 0 aromatic heterocycles. The smallest absolute Gasteiger partial charge is 0.0667 e. The Morgan fingerprint density at radius 1 is 1.60 bits per heavy atom. The molecule has 0 bridgehead atoms. The Morgan fingerprint density at radius 3 is 3.00 bits per heavy atom. The maximum atomic E-state index is 9.24. The summed E-state index contributed by atoms with van der Waals surface area (Å²) in [5.41, 5.74) is 0. The van der Waals surface area contributed by atoms with Crippen LogP contribution in [0.15, 0.2) is 0 Å². The van der Waals surface area contributed by atoms with Crippen LogP contribution in [-0.2, 0) is 0 Å². The molecule has 1 radical (unpaired) electrons. The summed E-state index contributed by atoms with van der Waals surface area (Å²) >= 11 is 0. The van der Waals surface area contributed by atoms with Gasteiger partial charge in [-0.1, -0.05) is 6.92 Å². The van der Waals surface area contributed by atoms with E-state index in [-0.39, 0.29) is 6.10 Å². The van der Waals surface area contributed by atoms with Gasteiger partial charge in [-0.3, -0.25) is 0 Å². The van der Waals surface area contributed by atoms with Crippen molar-refractivity contribution in [3.05, 3.63) is 6.92 Å². The molecule has 10 heavy (non-hydrogen) atoms. The Labute approximate surface area is 62.8 Å². The van der Waals surface area contributed by atoms with Gasteiger partial charge in [0.05, 0.1) is 6.10 Å². The number of piperidine rings is 1. The van der Waals surface area contributed by atoms with Crippen LogP contribution in [-0.4, -0.2) is 35.7 Å². The Kier molecular flexibility index (Phi) is 3.16. The first-order valence-corrected chi connectivity index (χ1v) is 4.02. The molecular weight excluding hydrogens is 126 g/mol. The van der Waals surface area contributed by atoms with Gasteiger partial charge in [-0.05, 0) is 32.4 Å². The van der Waals surface area contributed by atoms with Gasteiger partial charge >= 0.3 is 0 Å². The molecule has 2 nitrogen and oxygen atoms in total. The Morgan fingerprint density at radius 2 is 2.40 bits per heavy atom. The Balaban J connectivity index is 2.18. The lowest BCUT2D eigenvalue weighted by Crippen LogP contribution is -2.38. The molecule has 1 fully saturated rings. The molecule has 0 saturated carbocycles. The molecule has 0 aromatic carbocycles. The first-order chi connectivity index (χ1) is 4.83. The van der Waals surface area contributed by atoms with Crippen molar-refractivity contribution < 1.29 is 5.11 Å². The summed E-state index contributed by atoms with van der Waals surface area (Å²) in [7, 11) is 0. The summed E-state index contributed by atoms with van der Waals surface area (Å²) in [5, 5.41) is 9.24. The summed E-state index contributed by atoms with van der Waals surface area (Å²) in [6.45, 7) is 6.82. The maximum Gasteiger partial charge on any atom is 0.0667 e. The van der Waals surface area contributed by atoms with Crippen LogP contribution in [0.4, 0.5) is 0 Å². The second kappa shape index (κ2) is 3.94. The van der Waals surface area contributed by atoms with E-state index in [2.05, 4.69) is 11.8 Å². The number of rotatable bonds is 2. The van der Waals surface area contributed by atoms with Crippen LogP contribution < -0.4 is 0 Å². The molecular formula is C8H16NO. The minimum atomic E-state index is -0.0831. The average molecular weight is 142 g/mol. The van der Waals surface area contributed by atoms with E-state index in [1.165, 1.54) is 0 Å². The highest BCUT2D eigenvalue weighted by Gasteiger charge is 2.15. The van der Waals surface area contributed by atoms with E-state index in [9.17, 15) is 5.11 Å². The third-order valence-corrected chi connectivity index (χ3v) is 1.95. The van der Waals surface area contributed by atoms with E-state index >= 15 is 0 Å². The molecule has 59 valence electrons. The van der Waals surface area contributed by atoms with Crippen molar-refractivity contribution in [2.75, 3.05) is 19.6 Å². The van der Waals surface area contributed by atoms with E-state index in [0.29, 0.717) is 0 Å². The molecule has 0 aromatic rings. The quantitative estimate of drug-likeness (QED) is 0.612. The van der Waals surface area contributed by atoms with Crippen molar-refractivity contribution in [1.82, 2.24) is 4.90 Å². The normalized spacial score (nSPS) is 28.8. The van der Waals surface area contributed by atoms with Crippen molar-refractivity contribution in [1.29, 1.82) is 0 Å². The standard InChI is InChI=1S/C8H16NO/c1-2-5-9-6-3-4-8(10)7-9/h8,10H,1-7H2. The van der Waals surface area contributed by atoms with Gasteiger partial charge in [0.1, 0.15) is 0 Å². The Bertz CT molecular complexity index is 93.3. The van der Waals surface area contributed by atoms with Crippen LogP contribution in [0.2, 0.25) is 0 Å². The zero-order chi connectivity index (χ0) is 7.40. The Hall–Kier alpha value is -0.0800. The van der Waals surface area contributed by atoms with Crippen molar-refractivity contribution in [3.63, 3.8) is 0 Å². The van der Waals surface area contributed by atoms with Crippen molar-refractivity contribution in [3.8, 4) is 0 Å². The molecule has 1 rings (SSSR count). The number of hydrogen-bond acceptors (Lipinski definition) is 2. The van der Waals surface area contributed by atoms with Gasteiger partial charge in [-0.2, -0.15) is 0 Å². The predicted molar refractivity (Wildman–Crippen MR) is 41.7 cm³/mol.